The predicted molar refractivity (Wildman–Crippen MR) is 62.8 cm³/mol. The molecule has 0 saturated carbocycles. The summed E-state index contributed by atoms with van der Waals surface area (Å²) in [5.74, 6) is 0.224. The number of nitriles is 1. The van der Waals surface area contributed by atoms with Gasteiger partial charge in [0.2, 0.25) is 0 Å². The molecule has 0 unspecified atom stereocenters. The fourth-order valence-electron chi connectivity index (χ4n) is 1.56. The van der Waals surface area contributed by atoms with E-state index in [0.717, 1.165) is 17.1 Å². The maximum absolute atomic E-state index is 12.5. The van der Waals surface area contributed by atoms with Gasteiger partial charge >= 0.3 is 6.18 Å². The van der Waals surface area contributed by atoms with Gasteiger partial charge in [0.05, 0.1) is 23.0 Å². The van der Waals surface area contributed by atoms with Crippen molar-refractivity contribution in [2.75, 3.05) is 0 Å². The molecule has 7 heteroatoms. The predicted octanol–water partition coefficient (Wildman–Crippen LogP) is 3.50. The van der Waals surface area contributed by atoms with Crippen LogP contribution in [-0.4, -0.2) is 9.78 Å². The van der Waals surface area contributed by atoms with Gasteiger partial charge in [-0.25, -0.2) is 4.68 Å². The maximum Gasteiger partial charge on any atom is 0.419 e. The van der Waals surface area contributed by atoms with E-state index < -0.39 is 11.7 Å². The van der Waals surface area contributed by atoms with Gasteiger partial charge in [0.15, 0.2) is 0 Å². The molecule has 0 atom stereocenters. The van der Waals surface area contributed by atoms with Gasteiger partial charge in [-0.3, -0.25) is 0 Å². The Labute approximate surface area is 111 Å². The molecule has 0 aliphatic rings. The molecule has 0 bridgehead atoms. The monoisotopic (exact) mass is 285 g/mol. The van der Waals surface area contributed by atoms with Crippen molar-refractivity contribution in [1.82, 2.24) is 9.78 Å². The molecular weight excluding hydrogens is 279 g/mol. The molecule has 3 nitrogen and oxygen atoms in total. The quantitative estimate of drug-likeness (QED) is 0.793. The topological polar surface area (TPSA) is 41.6 Å². The van der Waals surface area contributed by atoms with Crippen LogP contribution in [0.1, 0.15) is 16.7 Å². The van der Waals surface area contributed by atoms with Gasteiger partial charge < -0.3 is 0 Å². The second-order valence-electron chi connectivity index (χ2n) is 3.77. The molecule has 0 saturated heterocycles. The Hall–Kier alpha value is -2.00. The van der Waals surface area contributed by atoms with Crippen LogP contribution in [0.2, 0.25) is 0 Å². The lowest BCUT2D eigenvalue weighted by Gasteiger charge is -2.06. The normalized spacial score (nSPS) is 11.3. The highest BCUT2D eigenvalue weighted by atomic mass is 35.5. The van der Waals surface area contributed by atoms with Gasteiger partial charge in [0.1, 0.15) is 6.07 Å². The zero-order chi connectivity index (χ0) is 14.0. The first-order valence-corrected chi connectivity index (χ1v) is 5.70. The molecule has 2 aromatic rings. The Balaban J connectivity index is 2.48. The molecule has 1 heterocycles. The van der Waals surface area contributed by atoms with Crippen LogP contribution >= 0.6 is 11.6 Å². The number of nitrogens with zero attached hydrogens (tertiary/aromatic N) is 3. The fourth-order valence-corrected chi connectivity index (χ4v) is 1.72. The minimum atomic E-state index is -4.46. The van der Waals surface area contributed by atoms with Crippen molar-refractivity contribution in [3.63, 3.8) is 0 Å². The van der Waals surface area contributed by atoms with Gasteiger partial charge in [0, 0.05) is 12.1 Å². The number of aromatic nitrogens is 2. The molecule has 1 aromatic carbocycles. The molecule has 2 rings (SSSR count). The van der Waals surface area contributed by atoms with Crippen molar-refractivity contribution in [2.45, 2.75) is 12.1 Å². The number of alkyl halides is 4. The van der Waals surface area contributed by atoms with Gasteiger partial charge in [-0.15, -0.1) is 11.6 Å². The van der Waals surface area contributed by atoms with E-state index in [-0.39, 0.29) is 17.1 Å². The van der Waals surface area contributed by atoms with Gasteiger partial charge in [0.25, 0.3) is 0 Å². The van der Waals surface area contributed by atoms with Crippen LogP contribution < -0.4 is 0 Å². The molecule has 0 N–H and O–H groups in total. The highest BCUT2D eigenvalue weighted by Crippen LogP contribution is 2.29. The third-order valence-corrected chi connectivity index (χ3v) is 2.80. The van der Waals surface area contributed by atoms with Gasteiger partial charge in [-0.2, -0.15) is 23.5 Å². The Morgan fingerprint density at radius 2 is 2.11 bits per heavy atom. The average Bonchev–Trinajstić information content (AvgIpc) is 2.87. The molecule has 0 fully saturated rings. The Morgan fingerprint density at radius 1 is 1.37 bits per heavy atom. The molecule has 98 valence electrons. The van der Waals surface area contributed by atoms with Gasteiger partial charge in [-0.05, 0) is 17.7 Å². The first kappa shape index (κ1) is 13.4. The van der Waals surface area contributed by atoms with E-state index in [1.54, 1.807) is 6.07 Å². The van der Waals surface area contributed by atoms with Crippen molar-refractivity contribution >= 4 is 11.6 Å². The fraction of sp³-hybridized carbons (Fsp3) is 0.167. The summed E-state index contributed by atoms with van der Waals surface area (Å²) in [6.45, 7) is 0. The smallest absolute Gasteiger partial charge is 0.239 e. The number of hydrogen-bond acceptors (Lipinski definition) is 2. The highest BCUT2D eigenvalue weighted by Gasteiger charge is 2.32. The summed E-state index contributed by atoms with van der Waals surface area (Å²) in [5.41, 5.74) is 0.352. The zero-order valence-corrected chi connectivity index (χ0v) is 10.2. The summed E-state index contributed by atoms with van der Waals surface area (Å²) < 4.78 is 38.5. The third kappa shape index (κ3) is 2.71. The van der Waals surface area contributed by atoms with Crippen molar-refractivity contribution in [3.8, 4) is 11.8 Å². The number of hydrogen-bond donors (Lipinski definition) is 0. The molecule has 0 aliphatic carbocycles. The maximum atomic E-state index is 12.5. The van der Waals surface area contributed by atoms with E-state index in [4.69, 9.17) is 16.9 Å². The Morgan fingerprint density at radius 3 is 2.63 bits per heavy atom. The molecule has 0 spiro atoms. The molecule has 0 aliphatic heterocycles. The van der Waals surface area contributed by atoms with Crippen LogP contribution in [0, 0.1) is 11.3 Å². The zero-order valence-electron chi connectivity index (χ0n) is 9.45. The lowest BCUT2D eigenvalue weighted by molar-refractivity contribution is -0.137. The van der Waals surface area contributed by atoms with Crippen molar-refractivity contribution < 1.29 is 13.2 Å². The van der Waals surface area contributed by atoms with Crippen molar-refractivity contribution in [3.05, 3.63) is 47.3 Å². The molecule has 0 amide bonds. The molecule has 19 heavy (non-hydrogen) atoms. The lowest BCUT2D eigenvalue weighted by atomic mass is 10.1. The summed E-state index contributed by atoms with van der Waals surface area (Å²) >= 11 is 5.64. The van der Waals surface area contributed by atoms with Crippen LogP contribution in [-0.2, 0) is 12.1 Å². The molecule has 1 aromatic heterocycles. The first-order valence-electron chi connectivity index (χ1n) is 5.17. The number of halogens is 4. The van der Waals surface area contributed by atoms with Crippen LogP contribution in [0.3, 0.4) is 0 Å². The minimum absolute atomic E-state index is 0.218. The number of benzene rings is 1. The summed E-state index contributed by atoms with van der Waals surface area (Å²) in [6.07, 6.45) is -2.89. The first-order chi connectivity index (χ1) is 8.95. The molecule has 0 radical (unpaired) electrons. The largest absolute Gasteiger partial charge is 0.419 e. The summed E-state index contributed by atoms with van der Waals surface area (Å²) in [6, 6.07) is 6.60. The Kier molecular flexibility index (Phi) is 3.49. The van der Waals surface area contributed by atoms with Crippen molar-refractivity contribution in [2.24, 2.45) is 0 Å². The van der Waals surface area contributed by atoms with Gasteiger partial charge in [-0.1, -0.05) is 6.07 Å². The average molecular weight is 286 g/mol. The lowest BCUT2D eigenvalue weighted by Crippen LogP contribution is -2.03. The van der Waals surface area contributed by atoms with Crippen LogP contribution in [0.15, 0.2) is 30.6 Å². The van der Waals surface area contributed by atoms with E-state index in [2.05, 4.69) is 5.10 Å². The summed E-state index contributed by atoms with van der Waals surface area (Å²) in [7, 11) is 0. The van der Waals surface area contributed by atoms with Crippen molar-refractivity contribution in [1.29, 1.82) is 5.26 Å². The van der Waals surface area contributed by atoms with E-state index in [1.807, 2.05) is 6.07 Å². The second kappa shape index (κ2) is 4.94. The van der Waals surface area contributed by atoms with E-state index in [0.29, 0.717) is 5.56 Å². The Bertz CT molecular complexity index is 640. The highest BCUT2D eigenvalue weighted by molar-refractivity contribution is 6.17. The van der Waals surface area contributed by atoms with E-state index in [1.165, 1.54) is 12.1 Å². The van der Waals surface area contributed by atoms with Crippen LogP contribution in [0.25, 0.3) is 5.69 Å². The second-order valence-corrected chi connectivity index (χ2v) is 4.04. The van der Waals surface area contributed by atoms with Crippen LogP contribution in [0.5, 0.6) is 0 Å². The van der Waals surface area contributed by atoms with E-state index in [9.17, 15) is 13.2 Å². The molecular formula is C12H7ClF3N3. The third-order valence-electron chi connectivity index (χ3n) is 2.49. The van der Waals surface area contributed by atoms with Crippen LogP contribution in [0.4, 0.5) is 13.2 Å². The summed E-state index contributed by atoms with van der Waals surface area (Å²) in [5, 5.41) is 12.6. The number of rotatable bonds is 2. The standard InChI is InChI=1S/C12H7ClF3N3/c13-4-8-1-2-11(9(3-8)5-17)19-7-10(6-18-19)12(14,15)16/h1-3,6-7H,4H2. The summed E-state index contributed by atoms with van der Waals surface area (Å²) in [4.78, 5) is 0. The van der Waals surface area contributed by atoms with E-state index >= 15 is 0 Å². The minimum Gasteiger partial charge on any atom is -0.239 e. The SMILES string of the molecule is N#Cc1cc(CCl)ccc1-n1cc(C(F)(F)F)cn1.